The van der Waals surface area contributed by atoms with Gasteiger partial charge in [-0.15, -0.1) is 11.3 Å². The van der Waals surface area contributed by atoms with Crippen molar-refractivity contribution in [2.75, 3.05) is 7.05 Å². The Labute approximate surface area is 166 Å². The zero-order valence-corrected chi connectivity index (χ0v) is 17.3. The molecule has 0 radical (unpaired) electrons. The van der Waals surface area contributed by atoms with Crippen molar-refractivity contribution < 1.29 is 4.79 Å². The number of nitrogens with one attached hydrogen (secondary N) is 1. The highest BCUT2D eigenvalue weighted by atomic mass is 32.2. The lowest BCUT2D eigenvalue weighted by Crippen LogP contribution is -2.29. The maximum absolute atomic E-state index is 13.1. The first-order valence-corrected chi connectivity index (χ1v) is 10.7. The Balaban J connectivity index is 2.01. The van der Waals surface area contributed by atoms with E-state index in [4.69, 9.17) is 4.98 Å². The molecule has 0 aliphatic carbocycles. The normalized spacial score (nSPS) is 12.3. The number of hydrogen-bond acceptors (Lipinski definition) is 5. The summed E-state index contributed by atoms with van der Waals surface area (Å²) in [5.41, 5.74) is 1.14. The van der Waals surface area contributed by atoms with E-state index in [9.17, 15) is 9.59 Å². The molecule has 142 valence electrons. The second kappa shape index (κ2) is 8.71. The molecular weight excluding hydrogens is 378 g/mol. The molecule has 3 aromatic rings. The highest BCUT2D eigenvalue weighted by molar-refractivity contribution is 8.00. The Hall–Kier alpha value is -2.12. The van der Waals surface area contributed by atoms with Crippen LogP contribution >= 0.6 is 23.1 Å². The number of carbonyl (C=O) groups excluding carboxylic acids is 1. The zero-order valence-electron chi connectivity index (χ0n) is 15.7. The SMILES string of the molecule is CCc1cc2c(=O)n(CCc3ccccc3)c(SC(C)C(=O)NC)nc2s1. The molecule has 2 heterocycles. The molecule has 27 heavy (non-hydrogen) atoms. The van der Waals surface area contributed by atoms with Crippen LogP contribution in [0.25, 0.3) is 10.2 Å². The van der Waals surface area contributed by atoms with Gasteiger partial charge in [-0.25, -0.2) is 4.98 Å². The number of fused-ring (bicyclic) bond motifs is 1. The molecule has 1 N–H and O–H groups in total. The summed E-state index contributed by atoms with van der Waals surface area (Å²) < 4.78 is 1.71. The molecule has 0 aliphatic heterocycles. The van der Waals surface area contributed by atoms with Crippen LogP contribution in [0.5, 0.6) is 0 Å². The molecule has 0 bridgehead atoms. The van der Waals surface area contributed by atoms with E-state index < -0.39 is 0 Å². The Bertz CT molecular complexity index is 996. The number of benzene rings is 1. The van der Waals surface area contributed by atoms with Gasteiger partial charge in [-0.05, 0) is 31.4 Å². The highest BCUT2D eigenvalue weighted by Gasteiger charge is 2.19. The van der Waals surface area contributed by atoms with E-state index in [2.05, 4.69) is 24.4 Å². The minimum atomic E-state index is -0.326. The minimum Gasteiger partial charge on any atom is -0.358 e. The minimum absolute atomic E-state index is 0.0292. The van der Waals surface area contributed by atoms with Gasteiger partial charge in [0.05, 0.1) is 10.6 Å². The average molecular weight is 402 g/mol. The van der Waals surface area contributed by atoms with E-state index in [1.165, 1.54) is 17.3 Å². The first-order chi connectivity index (χ1) is 13.0. The number of aryl methyl sites for hydroxylation is 2. The third-order valence-electron chi connectivity index (χ3n) is 4.38. The molecule has 7 heteroatoms. The van der Waals surface area contributed by atoms with Gasteiger partial charge < -0.3 is 5.32 Å². The Morgan fingerprint density at radius 2 is 2.07 bits per heavy atom. The van der Waals surface area contributed by atoms with Crippen LogP contribution in [0.15, 0.2) is 46.3 Å². The number of thiophene rings is 1. The van der Waals surface area contributed by atoms with E-state index in [1.54, 1.807) is 23.0 Å². The fraction of sp³-hybridized carbons (Fsp3) is 0.350. The van der Waals surface area contributed by atoms with Gasteiger partial charge in [-0.2, -0.15) is 0 Å². The van der Waals surface area contributed by atoms with Gasteiger partial charge in [0.2, 0.25) is 5.91 Å². The van der Waals surface area contributed by atoms with Crippen LogP contribution < -0.4 is 10.9 Å². The Morgan fingerprint density at radius 1 is 1.33 bits per heavy atom. The molecule has 1 unspecified atom stereocenters. The second-order valence-electron chi connectivity index (χ2n) is 6.25. The molecule has 0 saturated carbocycles. The van der Waals surface area contributed by atoms with Gasteiger partial charge in [-0.1, -0.05) is 49.0 Å². The number of thioether (sulfide) groups is 1. The molecular formula is C20H23N3O2S2. The molecule has 0 saturated heterocycles. The van der Waals surface area contributed by atoms with Crippen LogP contribution in [0.2, 0.25) is 0 Å². The molecule has 2 aromatic heterocycles. The number of carbonyl (C=O) groups is 1. The second-order valence-corrected chi connectivity index (χ2v) is 8.67. The lowest BCUT2D eigenvalue weighted by atomic mass is 10.1. The monoisotopic (exact) mass is 401 g/mol. The Morgan fingerprint density at radius 3 is 2.74 bits per heavy atom. The van der Waals surface area contributed by atoms with Crippen molar-refractivity contribution in [1.82, 2.24) is 14.9 Å². The maximum atomic E-state index is 13.1. The standard InChI is InChI=1S/C20H23N3O2S2/c1-4-15-12-16-18(27-15)22-20(26-13(2)17(24)21-3)23(19(16)25)11-10-14-8-6-5-7-9-14/h5-9,12-13H,4,10-11H2,1-3H3,(H,21,24). The quantitative estimate of drug-likeness (QED) is 0.486. The zero-order chi connectivity index (χ0) is 19.4. The largest absolute Gasteiger partial charge is 0.358 e. The predicted molar refractivity (Wildman–Crippen MR) is 113 cm³/mol. The number of rotatable bonds is 7. The smallest absolute Gasteiger partial charge is 0.262 e. The van der Waals surface area contributed by atoms with E-state index in [-0.39, 0.29) is 16.7 Å². The van der Waals surface area contributed by atoms with Gasteiger partial charge in [-0.3, -0.25) is 14.2 Å². The third-order valence-corrected chi connectivity index (χ3v) is 6.64. The molecule has 0 aliphatic rings. The van der Waals surface area contributed by atoms with Gasteiger partial charge >= 0.3 is 0 Å². The van der Waals surface area contributed by atoms with E-state index in [0.717, 1.165) is 22.5 Å². The summed E-state index contributed by atoms with van der Waals surface area (Å²) in [7, 11) is 1.62. The first-order valence-electron chi connectivity index (χ1n) is 8.99. The molecule has 3 rings (SSSR count). The molecule has 1 aromatic carbocycles. The van der Waals surface area contributed by atoms with Crippen LogP contribution in [0.3, 0.4) is 0 Å². The summed E-state index contributed by atoms with van der Waals surface area (Å²) in [6, 6.07) is 12.0. The van der Waals surface area contributed by atoms with E-state index in [1.807, 2.05) is 31.2 Å². The summed E-state index contributed by atoms with van der Waals surface area (Å²) in [4.78, 5) is 31.7. The van der Waals surface area contributed by atoms with Gasteiger partial charge in [0.1, 0.15) is 4.83 Å². The van der Waals surface area contributed by atoms with Crippen LogP contribution in [0, 0.1) is 0 Å². The summed E-state index contributed by atoms with van der Waals surface area (Å²) >= 11 is 2.88. The van der Waals surface area contributed by atoms with Crippen molar-refractivity contribution in [2.45, 2.75) is 43.6 Å². The Kier molecular flexibility index (Phi) is 6.34. The van der Waals surface area contributed by atoms with E-state index in [0.29, 0.717) is 17.1 Å². The van der Waals surface area contributed by atoms with Gasteiger partial charge in [0.25, 0.3) is 5.56 Å². The maximum Gasteiger partial charge on any atom is 0.262 e. The van der Waals surface area contributed by atoms with Gasteiger partial charge in [0.15, 0.2) is 5.16 Å². The summed E-state index contributed by atoms with van der Waals surface area (Å²) in [6.45, 7) is 4.43. The topological polar surface area (TPSA) is 64.0 Å². The summed E-state index contributed by atoms with van der Waals surface area (Å²) in [6.07, 6.45) is 1.61. The average Bonchev–Trinajstić information content (AvgIpc) is 3.11. The fourth-order valence-electron chi connectivity index (χ4n) is 2.81. The number of nitrogens with zero attached hydrogens (tertiary/aromatic N) is 2. The molecule has 1 amide bonds. The highest BCUT2D eigenvalue weighted by Crippen LogP contribution is 2.27. The van der Waals surface area contributed by atoms with Crippen LogP contribution in [0.1, 0.15) is 24.3 Å². The number of aromatic nitrogens is 2. The first kappa shape index (κ1) is 19.6. The summed E-state index contributed by atoms with van der Waals surface area (Å²) in [5.74, 6) is -0.0793. The fourth-order valence-corrected chi connectivity index (χ4v) is 4.81. The summed E-state index contributed by atoms with van der Waals surface area (Å²) in [5, 5.41) is 3.60. The number of amides is 1. The van der Waals surface area contributed by atoms with E-state index >= 15 is 0 Å². The molecule has 0 spiro atoms. The lowest BCUT2D eigenvalue weighted by molar-refractivity contribution is -0.119. The predicted octanol–water partition coefficient (Wildman–Crippen LogP) is 3.49. The van der Waals surface area contributed by atoms with Crippen molar-refractivity contribution in [3.63, 3.8) is 0 Å². The van der Waals surface area contributed by atoms with Crippen molar-refractivity contribution in [3.8, 4) is 0 Å². The van der Waals surface area contributed by atoms with Crippen molar-refractivity contribution in [1.29, 1.82) is 0 Å². The van der Waals surface area contributed by atoms with Crippen LogP contribution in [0.4, 0.5) is 0 Å². The molecule has 5 nitrogen and oxygen atoms in total. The third kappa shape index (κ3) is 4.42. The van der Waals surface area contributed by atoms with Crippen LogP contribution in [-0.4, -0.2) is 27.8 Å². The van der Waals surface area contributed by atoms with Crippen LogP contribution in [-0.2, 0) is 24.2 Å². The van der Waals surface area contributed by atoms with Crippen molar-refractivity contribution in [3.05, 3.63) is 57.2 Å². The van der Waals surface area contributed by atoms with Crippen molar-refractivity contribution >= 4 is 39.2 Å². The molecule has 1 atom stereocenters. The number of hydrogen-bond donors (Lipinski definition) is 1. The van der Waals surface area contributed by atoms with Gasteiger partial charge in [0, 0.05) is 18.5 Å². The molecule has 0 fully saturated rings. The lowest BCUT2D eigenvalue weighted by Gasteiger charge is -2.15. The van der Waals surface area contributed by atoms with Crippen molar-refractivity contribution in [2.24, 2.45) is 0 Å².